The molecule has 0 amide bonds. The van der Waals surface area contributed by atoms with Gasteiger partial charge in [-0.1, -0.05) is 30.7 Å². The van der Waals surface area contributed by atoms with Crippen molar-refractivity contribution >= 4 is 23.6 Å². The molecule has 74 valence electrons. The van der Waals surface area contributed by atoms with Gasteiger partial charge in [-0.2, -0.15) is 0 Å². The first-order chi connectivity index (χ1) is 6.63. The molecule has 0 heterocycles. The molecule has 0 bridgehead atoms. The normalized spacial score (nSPS) is 10.7. The molecule has 0 unspecified atom stereocenters. The molecule has 0 aliphatic carbocycles. The van der Waals surface area contributed by atoms with Gasteiger partial charge in [-0.25, -0.2) is 4.79 Å². The smallest absolute Gasteiger partial charge is 0.328 e. The molecule has 0 radical (unpaired) electrons. The van der Waals surface area contributed by atoms with E-state index in [1.54, 1.807) is 18.2 Å². The highest BCUT2D eigenvalue weighted by atomic mass is 35.5. The number of carboxylic acid groups (broad SMARTS) is 1. The van der Waals surface area contributed by atoms with Crippen LogP contribution in [0.5, 0.6) is 0 Å². The van der Waals surface area contributed by atoms with E-state index in [1.807, 2.05) is 13.0 Å². The lowest BCUT2D eigenvalue weighted by molar-refractivity contribution is -0.131. The van der Waals surface area contributed by atoms with Gasteiger partial charge in [-0.3, -0.25) is 0 Å². The van der Waals surface area contributed by atoms with Crippen molar-refractivity contribution in [2.75, 3.05) is 0 Å². The summed E-state index contributed by atoms with van der Waals surface area (Å²) in [5.41, 5.74) is 1.88. The van der Waals surface area contributed by atoms with Crippen molar-refractivity contribution < 1.29 is 9.90 Å². The lowest BCUT2D eigenvalue weighted by Crippen LogP contribution is -1.87. The topological polar surface area (TPSA) is 37.3 Å². The van der Waals surface area contributed by atoms with Crippen LogP contribution in [0.15, 0.2) is 24.3 Å². The lowest BCUT2D eigenvalue weighted by Gasteiger charge is -2.01. The first-order valence-corrected chi connectivity index (χ1v) is 4.70. The molecule has 1 aromatic carbocycles. The van der Waals surface area contributed by atoms with Gasteiger partial charge in [-0.15, -0.1) is 0 Å². The van der Waals surface area contributed by atoms with Crippen LogP contribution in [0.1, 0.15) is 18.1 Å². The molecule has 0 aliphatic heterocycles. The molecular weight excluding hydrogens is 200 g/mol. The zero-order valence-electron chi connectivity index (χ0n) is 7.83. The Kier molecular flexibility index (Phi) is 3.72. The number of aryl methyl sites for hydroxylation is 1. The van der Waals surface area contributed by atoms with Gasteiger partial charge >= 0.3 is 5.97 Å². The van der Waals surface area contributed by atoms with Gasteiger partial charge in [0.1, 0.15) is 0 Å². The van der Waals surface area contributed by atoms with E-state index in [2.05, 4.69) is 0 Å². The average Bonchev–Trinajstić information content (AvgIpc) is 2.16. The number of carbonyl (C=O) groups is 1. The van der Waals surface area contributed by atoms with Crippen molar-refractivity contribution in [3.63, 3.8) is 0 Å². The minimum absolute atomic E-state index is 0.722. The van der Waals surface area contributed by atoms with Crippen LogP contribution in [0.4, 0.5) is 0 Å². The summed E-state index contributed by atoms with van der Waals surface area (Å²) in [5.74, 6) is -0.946. The number of hydrogen-bond acceptors (Lipinski definition) is 1. The maximum atomic E-state index is 10.3. The summed E-state index contributed by atoms with van der Waals surface area (Å²) in [4.78, 5) is 10.3. The van der Waals surface area contributed by atoms with E-state index in [1.165, 1.54) is 0 Å². The molecule has 0 spiro atoms. The maximum Gasteiger partial charge on any atom is 0.328 e. The highest BCUT2D eigenvalue weighted by molar-refractivity contribution is 6.31. The standard InChI is InChI=1S/C11H11ClO2/c1-2-9-7-8(3-5-10(9)12)4-6-11(13)14/h3-7H,2H2,1H3,(H,13,14). The Bertz CT molecular complexity index is 370. The Morgan fingerprint density at radius 2 is 2.29 bits per heavy atom. The van der Waals surface area contributed by atoms with Crippen LogP contribution in [-0.4, -0.2) is 11.1 Å². The quantitative estimate of drug-likeness (QED) is 0.779. The number of rotatable bonds is 3. The van der Waals surface area contributed by atoms with E-state index in [4.69, 9.17) is 16.7 Å². The molecule has 3 heteroatoms. The van der Waals surface area contributed by atoms with Gasteiger partial charge in [0.2, 0.25) is 0 Å². The average molecular weight is 211 g/mol. The summed E-state index contributed by atoms with van der Waals surface area (Å²) in [6.45, 7) is 2.01. The molecule has 0 atom stereocenters. The van der Waals surface area contributed by atoms with Gasteiger partial charge in [0.05, 0.1) is 0 Å². The molecular formula is C11H11ClO2. The van der Waals surface area contributed by atoms with E-state index in [-0.39, 0.29) is 0 Å². The van der Waals surface area contributed by atoms with Crippen molar-refractivity contribution in [2.45, 2.75) is 13.3 Å². The first-order valence-electron chi connectivity index (χ1n) is 4.33. The second-order valence-electron chi connectivity index (χ2n) is 2.88. The fourth-order valence-corrected chi connectivity index (χ4v) is 1.39. The predicted molar refractivity (Wildman–Crippen MR) is 57.5 cm³/mol. The van der Waals surface area contributed by atoms with Crippen LogP contribution >= 0.6 is 11.6 Å². The molecule has 1 rings (SSSR count). The highest BCUT2D eigenvalue weighted by Gasteiger charge is 1.98. The van der Waals surface area contributed by atoms with Gasteiger partial charge in [-0.05, 0) is 29.7 Å². The molecule has 0 fully saturated rings. The van der Waals surface area contributed by atoms with Crippen LogP contribution in [0, 0.1) is 0 Å². The van der Waals surface area contributed by atoms with E-state index >= 15 is 0 Å². The van der Waals surface area contributed by atoms with E-state index < -0.39 is 5.97 Å². The molecule has 1 aromatic rings. The van der Waals surface area contributed by atoms with Crippen LogP contribution in [0.25, 0.3) is 6.08 Å². The number of aliphatic carboxylic acids is 1. The number of halogens is 1. The van der Waals surface area contributed by atoms with Gasteiger partial charge in [0.25, 0.3) is 0 Å². The Hall–Kier alpha value is -1.28. The van der Waals surface area contributed by atoms with Crippen LogP contribution in [0.3, 0.4) is 0 Å². The molecule has 2 nitrogen and oxygen atoms in total. The van der Waals surface area contributed by atoms with Crippen molar-refractivity contribution in [2.24, 2.45) is 0 Å². The zero-order valence-corrected chi connectivity index (χ0v) is 8.58. The summed E-state index contributed by atoms with van der Waals surface area (Å²) in [6, 6.07) is 5.46. The third kappa shape index (κ3) is 2.89. The minimum Gasteiger partial charge on any atom is -0.478 e. The third-order valence-corrected chi connectivity index (χ3v) is 2.24. The molecule has 0 saturated carbocycles. The first kappa shape index (κ1) is 10.8. The minimum atomic E-state index is -0.946. The molecule has 0 aliphatic rings. The molecule has 0 aromatic heterocycles. The Labute approximate surface area is 87.8 Å². The van der Waals surface area contributed by atoms with Crippen LogP contribution < -0.4 is 0 Å². The van der Waals surface area contributed by atoms with Crippen LogP contribution in [0.2, 0.25) is 5.02 Å². The van der Waals surface area contributed by atoms with Crippen molar-refractivity contribution in [3.05, 3.63) is 40.4 Å². The van der Waals surface area contributed by atoms with Gasteiger partial charge in [0.15, 0.2) is 0 Å². The van der Waals surface area contributed by atoms with Crippen molar-refractivity contribution in [1.29, 1.82) is 0 Å². The van der Waals surface area contributed by atoms with Crippen LogP contribution in [-0.2, 0) is 11.2 Å². The zero-order chi connectivity index (χ0) is 10.6. The summed E-state index contributed by atoms with van der Waals surface area (Å²) in [7, 11) is 0. The molecule has 1 N–H and O–H groups in total. The van der Waals surface area contributed by atoms with Gasteiger partial charge in [0, 0.05) is 11.1 Å². The van der Waals surface area contributed by atoms with Gasteiger partial charge < -0.3 is 5.11 Å². The number of hydrogen-bond donors (Lipinski definition) is 1. The number of benzene rings is 1. The highest BCUT2D eigenvalue weighted by Crippen LogP contribution is 2.18. The molecule has 14 heavy (non-hydrogen) atoms. The monoisotopic (exact) mass is 210 g/mol. The summed E-state index contributed by atoms with van der Waals surface area (Å²) < 4.78 is 0. The van der Waals surface area contributed by atoms with E-state index in [0.717, 1.165) is 28.6 Å². The second-order valence-corrected chi connectivity index (χ2v) is 3.28. The number of carboxylic acids is 1. The largest absolute Gasteiger partial charge is 0.478 e. The summed E-state index contributed by atoms with van der Waals surface area (Å²) in [5, 5.41) is 9.17. The predicted octanol–water partition coefficient (Wildman–Crippen LogP) is 3.00. The summed E-state index contributed by atoms with van der Waals surface area (Å²) in [6.07, 6.45) is 3.51. The van der Waals surface area contributed by atoms with Crippen molar-refractivity contribution in [3.8, 4) is 0 Å². The third-order valence-electron chi connectivity index (χ3n) is 1.87. The SMILES string of the molecule is CCc1cc(C=CC(=O)O)ccc1Cl. The van der Waals surface area contributed by atoms with E-state index in [0.29, 0.717) is 0 Å². The Morgan fingerprint density at radius 3 is 2.86 bits per heavy atom. The second kappa shape index (κ2) is 4.82. The fraction of sp³-hybridized carbons (Fsp3) is 0.182. The maximum absolute atomic E-state index is 10.3. The molecule has 0 saturated heterocycles. The lowest BCUT2D eigenvalue weighted by atomic mass is 10.1. The summed E-state index contributed by atoms with van der Waals surface area (Å²) >= 11 is 5.92. The fourth-order valence-electron chi connectivity index (χ4n) is 1.14. The Balaban J connectivity index is 2.95. The van der Waals surface area contributed by atoms with E-state index in [9.17, 15) is 4.79 Å². The van der Waals surface area contributed by atoms with Crippen molar-refractivity contribution in [1.82, 2.24) is 0 Å². The Morgan fingerprint density at radius 1 is 1.57 bits per heavy atom.